The molecule has 102 valence electrons. The van der Waals surface area contributed by atoms with Gasteiger partial charge in [0.15, 0.2) is 5.82 Å². The standard InChI is InChI=1S/C13H19N5S/c1-2-9(8-14-7-1)3-6-11-17-18-12(10-4-5-10)15-16-13(18)19-11/h9-10,14H,1-8H2. The van der Waals surface area contributed by atoms with Gasteiger partial charge in [-0.05, 0) is 51.1 Å². The molecule has 1 aliphatic heterocycles. The van der Waals surface area contributed by atoms with Gasteiger partial charge in [0, 0.05) is 12.3 Å². The van der Waals surface area contributed by atoms with Crippen molar-refractivity contribution in [3.8, 4) is 0 Å². The zero-order valence-electron chi connectivity index (χ0n) is 11.0. The second-order valence-corrected chi connectivity index (χ2v) is 6.81. The number of aryl methyl sites for hydroxylation is 1. The van der Waals surface area contributed by atoms with Crippen LogP contribution in [0.4, 0.5) is 0 Å². The summed E-state index contributed by atoms with van der Waals surface area (Å²) in [4.78, 5) is 0.971. The number of piperidine rings is 1. The predicted octanol–water partition coefficient (Wildman–Crippen LogP) is 2.00. The van der Waals surface area contributed by atoms with Crippen molar-refractivity contribution in [1.82, 2.24) is 25.1 Å². The average Bonchev–Trinajstić information content (AvgIpc) is 3.08. The van der Waals surface area contributed by atoms with Gasteiger partial charge in [0.2, 0.25) is 4.96 Å². The molecule has 2 aromatic heterocycles. The van der Waals surface area contributed by atoms with E-state index >= 15 is 0 Å². The Bertz CT molecular complexity index is 565. The highest BCUT2D eigenvalue weighted by Gasteiger charge is 2.30. The van der Waals surface area contributed by atoms with E-state index in [1.165, 1.54) is 50.2 Å². The van der Waals surface area contributed by atoms with Gasteiger partial charge in [-0.15, -0.1) is 10.2 Å². The van der Waals surface area contributed by atoms with Gasteiger partial charge in [0.25, 0.3) is 0 Å². The highest BCUT2D eigenvalue weighted by molar-refractivity contribution is 7.16. The Kier molecular flexibility index (Phi) is 3.00. The van der Waals surface area contributed by atoms with Gasteiger partial charge in [0.1, 0.15) is 5.01 Å². The zero-order valence-corrected chi connectivity index (χ0v) is 11.8. The van der Waals surface area contributed by atoms with Crippen molar-refractivity contribution >= 4 is 16.3 Å². The summed E-state index contributed by atoms with van der Waals surface area (Å²) < 4.78 is 1.98. The Balaban J connectivity index is 1.45. The van der Waals surface area contributed by atoms with E-state index in [4.69, 9.17) is 5.10 Å². The van der Waals surface area contributed by atoms with Crippen molar-refractivity contribution in [2.45, 2.75) is 44.4 Å². The van der Waals surface area contributed by atoms with Crippen LogP contribution in [0.1, 0.15) is 48.9 Å². The first-order valence-corrected chi connectivity index (χ1v) is 8.13. The third-order valence-corrected chi connectivity index (χ3v) is 5.12. The number of nitrogens with zero attached hydrogens (tertiary/aromatic N) is 4. The van der Waals surface area contributed by atoms with E-state index in [9.17, 15) is 0 Å². The predicted molar refractivity (Wildman–Crippen MR) is 74.5 cm³/mol. The van der Waals surface area contributed by atoms with Crippen molar-refractivity contribution in [2.24, 2.45) is 5.92 Å². The lowest BCUT2D eigenvalue weighted by Crippen LogP contribution is -2.29. The first-order chi connectivity index (χ1) is 9.40. The number of nitrogens with one attached hydrogen (secondary N) is 1. The van der Waals surface area contributed by atoms with Crippen molar-refractivity contribution < 1.29 is 0 Å². The van der Waals surface area contributed by atoms with E-state index in [0.717, 1.165) is 23.1 Å². The van der Waals surface area contributed by atoms with Crippen molar-refractivity contribution in [2.75, 3.05) is 13.1 Å². The Hall–Kier alpha value is -1.01. The van der Waals surface area contributed by atoms with Crippen LogP contribution in [-0.2, 0) is 6.42 Å². The summed E-state index contributed by atoms with van der Waals surface area (Å²) in [6.45, 7) is 2.37. The maximum absolute atomic E-state index is 4.71. The quantitative estimate of drug-likeness (QED) is 0.928. The Morgan fingerprint density at radius 3 is 3.00 bits per heavy atom. The van der Waals surface area contributed by atoms with E-state index in [1.807, 2.05) is 4.52 Å². The van der Waals surface area contributed by atoms with E-state index in [1.54, 1.807) is 11.3 Å². The molecular weight excluding hydrogens is 258 g/mol. The van der Waals surface area contributed by atoms with E-state index in [0.29, 0.717) is 5.92 Å². The molecule has 2 aliphatic rings. The van der Waals surface area contributed by atoms with E-state index in [2.05, 4.69) is 15.5 Å². The molecule has 0 spiro atoms. The molecular formula is C13H19N5S. The smallest absolute Gasteiger partial charge is 0.234 e. The molecule has 1 unspecified atom stereocenters. The third kappa shape index (κ3) is 2.39. The van der Waals surface area contributed by atoms with Gasteiger partial charge in [0.05, 0.1) is 0 Å². The van der Waals surface area contributed by atoms with Gasteiger partial charge in [-0.3, -0.25) is 0 Å². The lowest BCUT2D eigenvalue weighted by Gasteiger charge is -2.21. The average molecular weight is 277 g/mol. The SMILES string of the molecule is C1CNCC(CCc2nn3c(C4CC4)nnc3s2)C1. The minimum Gasteiger partial charge on any atom is -0.316 e. The molecule has 2 fully saturated rings. The van der Waals surface area contributed by atoms with E-state index < -0.39 is 0 Å². The van der Waals surface area contributed by atoms with Crippen LogP contribution in [0.25, 0.3) is 4.96 Å². The number of hydrogen-bond donors (Lipinski definition) is 1. The summed E-state index contributed by atoms with van der Waals surface area (Å²) in [6.07, 6.45) is 7.52. The fourth-order valence-electron chi connectivity index (χ4n) is 2.87. The maximum Gasteiger partial charge on any atom is 0.234 e. The van der Waals surface area contributed by atoms with Crippen LogP contribution in [-0.4, -0.2) is 32.9 Å². The maximum atomic E-state index is 4.71. The molecule has 4 rings (SSSR count). The summed E-state index contributed by atoms with van der Waals surface area (Å²) in [5.41, 5.74) is 0. The highest BCUT2D eigenvalue weighted by atomic mass is 32.1. The molecule has 0 radical (unpaired) electrons. The molecule has 1 saturated heterocycles. The van der Waals surface area contributed by atoms with Crippen LogP contribution in [0, 0.1) is 5.92 Å². The molecule has 0 bridgehead atoms. The second kappa shape index (κ2) is 4.83. The summed E-state index contributed by atoms with van der Waals surface area (Å²) in [7, 11) is 0. The lowest BCUT2D eigenvalue weighted by molar-refractivity contribution is 0.357. The molecule has 1 aliphatic carbocycles. The van der Waals surface area contributed by atoms with Crippen LogP contribution in [0.3, 0.4) is 0 Å². The number of rotatable bonds is 4. The van der Waals surface area contributed by atoms with Gasteiger partial charge in [-0.1, -0.05) is 11.3 Å². The summed E-state index contributed by atoms with van der Waals surface area (Å²) >= 11 is 1.71. The Morgan fingerprint density at radius 2 is 2.21 bits per heavy atom. The van der Waals surface area contributed by atoms with Gasteiger partial charge in [-0.25, -0.2) is 0 Å². The molecule has 2 aromatic rings. The number of hydrogen-bond acceptors (Lipinski definition) is 5. The van der Waals surface area contributed by atoms with E-state index in [-0.39, 0.29) is 0 Å². The molecule has 6 heteroatoms. The molecule has 19 heavy (non-hydrogen) atoms. The summed E-state index contributed by atoms with van der Waals surface area (Å²) in [5, 5.41) is 17.9. The van der Waals surface area contributed by atoms with Gasteiger partial charge < -0.3 is 5.32 Å². The minimum atomic E-state index is 0.618. The number of aromatic nitrogens is 4. The van der Waals surface area contributed by atoms with Crippen molar-refractivity contribution in [1.29, 1.82) is 0 Å². The molecule has 5 nitrogen and oxygen atoms in total. The van der Waals surface area contributed by atoms with Crippen LogP contribution < -0.4 is 5.32 Å². The van der Waals surface area contributed by atoms with Gasteiger partial charge >= 0.3 is 0 Å². The molecule has 0 amide bonds. The van der Waals surface area contributed by atoms with Gasteiger partial charge in [-0.2, -0.15) is 9.61 Å². The summed E-state index contributed by atoms with van der Waals surface area (Å²) in [6, 6.07) is 0. The summed E-state index contributed by atoms with van der Waals surface area (Å²) in [5.74, 6) is 2.52. The Morgan fingerprint density at radius 1 is 1.26 bits per heavy atom. The Labute approximate surface area is 116 Å². The largest absolute Gasteiger partial charge is 0.316 e. The number of fused-ring (bicyclic) bond motifs is 1. The van der Waals surface area contributed by atoms with Crippen molar-refractivity contribution in [3.05, 3.63) is 10.8 Å². The highest BCUT2D eigenvalue weighted by Crippen LogP contribution is 2.39. The third-order valence-electron chi connectivity index (χ3n) is 4.16. The van der Waals surface area contributed by atoms with Crippen LogP contribution in [0.2, 0.25) is 0 Å². The van der Waals surface area contributed by atoms with Crippen LogP contribution in [0.5, 0.6) is 0 Å². The normalized spacial score (nSPS) is 24.1. The first kappa shape index (κ1) is 11.8. The molecule has 1 N–H and O–H groups in total. The molecule has 1 atom stereocenters. The zero-order chi connectivity index (χ0) is 12.7. The fourth-order valence-corrected chi connectivity index (χ4v) is 3.72. The van der Waals surface area contributed by atoms with Crippen molar-refractivity contribution in [3.63, 3.8) is 0 Å². The second-order valence-electron chi connectivity index (χ2n) is 5.77. The fraction of sp³-hybridized carbons (Fsp3) is 0.769. The lowest BCUT2D eigenvalue weighted by atomic mass is 9.95. The minimum absolute atomic E-state index is 0.618. The first-order valence-electron chi connectivity index (χ1n) is 7.32. The van der Waals surface area contributed by atoms with Crippen LogP contribution >= 0.6 is 11.3 Å². The monoisotopic (exact) mass is 277 g/mol. The topological polar surface area (TPSA) is 55.1 Å². The molecule has 0 aromatic carbocycles. The molecule has 1 saturated carbocycles. The van der Waals surface area contributed by atoms with Crippen LogP contribution in [0.15, 0.2) is 0 Å². The molecule has 3 heterocycles.